The molecule has 0 atom stereocenters. The lowest BCUT2D eigenvalue weighted by Crippen LogP contribution is -2.20. The fourth-order valence-electron chi connectivity index (χ4n) is 3.04. The van der Waals surface area contributed by atoms with Crippen LogP contribution in [0.2, 0.25) is 5.02 Å². The largest absolute Gasteiger partial charge is 0.294 e. The van der Waals surface area contributed by atoms with Crippen molar-refractivity contribution < 1.29 is 0 Å². The molecular weight excluding hydrogens is 316 g/mol. The van der Waals surface area contributed by atoms with E-state index in [1.54, 1.807) is 22.2 Å². The van der Waals surface area contributed by atoms with Crippen molar-refractivity contribution in [3.8, 4) is 0 Å². The molecule has 1 aliphatic rings. The van der Waals surface area contributed by atoms with Crippen LogP contribution in [-0.2, 0) is 19.4 Å². The number of rotatable bonds is 2. The summed E-state index contributed by atoms with van der Waals surface area (Å²) in [5.41, 5.74) is 3.35. The van der Waals surface area contributed by atoms with E-state index >= 15 is 0 Å². The second-order valence-electron chi connectivity index (χ2n) is 5.69. The summed E-state index contributed by atoms with van der Waals surface area (Å²) in [6.45, 7) is 0.529. The summed E-state index contributed by atoms with van der Waals surface area (Å²) in [4.78, 5) is 18.7. The van der Waals surface area contributed by atoms with Crippen molar-refractivity contribution in [2.75, 3.05) is 0 Å². The average Bonchev–Trinajstić information content (AvgIpc) is 2.92. The quantitative estimate of drug-likeness (QED) is 0.710. The van der Waals surface area contributed by atoms with Crippen LogP contribution in [0.1, 0.15) is 28.8 Å². The molecule has 2 aromatic heterocycles. The molecule has 0 N–H and O–H groups in total. The Bertz CT molecular complexity index is 895. The van der Waals surface area contributed by atoms with Crippen LogP contribution in [0.15, 0.2) is 35.4 Å². The molecule has 0 fully saturated rings. The van der Waals surface area contributed by atoms with E-state index in [1.165, 1.54) is 23.3 Å². The number of hydrogen-bond acceptors (Lipinski definition) is 3. The number of nitrogens with zero attached hydrogens (tertiary/aromatic N) is 2. The normalized spacial score (nSPS) is 14.2. The monoisotopic (exact) mass is 330 g/mol. The van der Waals surface area contributed by atoms with Crippen LogP contribution in [0.3, 0.4) is 0 Å². The van der Waals surface area contributed by atoms with Gasteiger partial charge < -0.3 is 0 Å². The van der Waals surface area contributed by atoms with Crippen molar-refractivity contribution in [1.82, 2.24) is 9.55 Å². The minimum atomic E-state index is 0.0688. The SMILES string of the molecule is O=c1c2sc3c(c2ncn1Cc1ccc(Cl)cc1)CCCC3. The van der Waals surface area contributed by atoms with Gasteiger partial charge in [0.1, 0.15) is 4.70 Å². The first-order valence-electron chi connectivity index (χ1n) is 7.46. The molecular formula is C17H15ClN2OS. The van der Waals surface area contributed by atoms with Crippen molar-refractivity contribution in [3.63, 3.8) is 0 Å². The Morgan fingerprint density at radius 2 is 1.95 bits per heavy atom. The van der Waals surface area contributed by atoms with Crippen LogP contribution in [0.25, 0.3) is 10.2 Å². The lowest BCUT2D eigenvalue weighted by atomic mass is 9.98. The van der Waals surface area contributed by atoms with Gasteiger partial charge in [0.15, 0.2) is 0 Å². The highest BCUT2D eigenvalue weighted by molar-refractivity contribution is 7.19. The molecule has 0 amide bonds. The van der Waals surface area contributed by atoms with Crippen molar-refractivity contribution >= 4 is 33.2 Å². The highest BCUT2D eigenvalue weighted by atomic mass is 35.5. The van der Waals surface area contributed by atoms with Gasteiger partial charge in [0, 0.05) is 9.90 Å². The Morgan fingerprint density at radius 1 is 1.18 bits per heavy atom. The smallest absolute Gasteiger partial charge is 0.271 e. The topological polar surface area (TPSA) is 34.9 Å². The first kappa shape index (κ1) is 14.0. The molecule has 0 saturated carbocycles. The van der Waals surface area contributed by atoms with Crippen LogP contribution in [0.5, 0.6) is 0 Å². The molecule has 5 heteroatoms. The summed E-state index contributed by atoms with van der Waals surface area (Å²) in [7, 11) is 0. The molecule has 22 heavy (non-hydrogen) atoms. The molecule has 0 spiro atoms. The van der Waals surface area contributed by atoms with Crippen molar-refractivity contribution in [3.05, 3.63) is 62.0 Å². The van der Waals surface area contributed by atoms with Crippen molar-refractivity contribution in [1.29, 1.82) is 0 Å². The van der Waals surface area contributed by atoms with Gasteiger partial charge in [0.05, 0.1) is 18.4 Å². The van der Waals surface area contributed by atoms with Crippen LogP contribution in [0.4, 0.5) is 0 Å². The summed E-state index contributed by atoms with van der Waals surface area (Å²) >= 11 is 7.54. The van der Waals surface area contributed by atoms with E-state index < -0.39 is 0 Å². The second-order valence-corrected chi connectivity index (χ2v) is 7.23. The third kappa shape index (κ3) is 2.36. The number of benzene rings is 1. The van der Waals surface area contributed by atoms with E-state index in [4.69, 9.17) is 11.6 Å². The van der Waals surface area contributed by atoms with Crippen molar-refractivity contribution in [2.24, 2.45) is 0 Å². The van der Waals surface area contributed by atoms with Gasteiger partial charge in [-0.25, -0.2) is 4.98 Å². The zero-order chi connectivity index (χ0) is 15.1. The lowest BCUT2D eigenvalue weighted by molar-refractivity contribution is 0.698. The molecule has 3 aromatic rings. The Hall–Kier alpha value is -1.65. The van der Waals surface area contributed by atoms with Gasteiger partial charge in [-0.2, -0.15) is 0 Å². The number of fused-ring (bicyclic) bond motifs is 3. The van der Waals surface area contributed by atoms with E-state index in [9.17, 15) is 4.79 Å². The molecule has 0 aliphatic heterocycles. The first-order valence-corrected chi connectivity index (χ1v) is 8.66. The zero-order valence-corrected chi connectivity index (χ0v) is 13.6. The van der Waals surface area contributed by atoms with Gasteiger partial charge in [0.25, 0.3) is 5.56 Å². The second kappa shape index (κ2) is 5.52. The summed E-state index contributed by atoms with van der Waals surface area (Å²) in [6.07, 6.45) is 6.25. The van der Waals surface area contributed by atoms with Gasteiger partial charge in [-0.1, -0.05) is 23.7 Å². The maximum atomic E-state index is 12.7. The molecule has 112 valence electrons. The maximum absolute atomic E-state index is 12.7. The van der Waals surface area contributed by atoms with E-state index in [1.807, 2.05) is 24.3 Å². The van der Waals surface area contributed by atoms with Crippen LogP contribution in [0, 0.1) is 0 Å². The maximum Gasteiger partial charge on any atom is 0.271 e. The van der Waals surface area contributed by atoms with Crippen LogP contribution < -0.4 is 5.56 Å². The summed E-state index contributed by atoms with van der Waals surface area (Å²) in [5.74, 6) is 0. The van der Waals surface area contributed by atoms with Crippen molar-refractivity contribution in [2.45, 2.75) is 32.2 Å². The van der Waals surface area contributed by atoms with E-state index in [0.29, 0.717) is 11.6 Å². The van der Waals surface area contributed by atoms with E-state index in [0.717, 1.165) is 28.6 Å². The average molecular weight is 331 g/mol. The molecule has 3 nitrogen and oxygen atoms in total. The standard InChI is InChI=1S/C17H15ClN2OS/c18-12-7-5-11(6-8-12)9-20-10-19-15-13-3-1-2-4-14(13)22-16(15)17(20)21/h5-8,10H,1-4,9H2. The summed E-state index contributed by atoms with van der Waals surface area (Å²) in [6, 6.07) is 7.58. The highest BCUT2D eigenvalue weighted by Gasteiger charge is 2.19. The van der Waals surface area contributed by atoms with Gasteiger partial charge in [-0.15, -0.1) is 11.3 Å². The Kier molecular flexibility index (Phi) is 3.51. The fraction of sp³-hybridized carbons (Fsp3) is 0.294. The molecule has 0 bridgehead atoms. The fourth-order valence-corrected chi connectivity index (χ4v) is 4.46. The third-order valence-corrected chi connectivity index (χ3v) is 5.71. The minimum absolute atomic E-state index is 0.0688. The van der Waals surface area contributed by atoms with Gasteiger partial charge in [0.2, 0.25) is 0 Å². The highest BCUT2D eigenvalue weighted by Crippen LogP contribution is 2.33. The molecule has 4 rings (SSSR count). The number of halogens is 1. The molecule has 1 aromatic carbocycles. The Morgan fingerprint density at radius 3 is 2.77 bits per heavy atom. The first-order chi connectivity index (χ1) is 10.7. The van der Waals surface area contributed by atoms with Gasteiger partial charge >= 0.3 is 0 Å². The number of thiophene rings is 1. The van der Waals surface area contributed by atoms with Crippen LogP contribution in [-0.4, -0.2) is 9.55 Å². The lowest BCUT2D eigenvalue weighted by Gasteiger charge is -2.09. The summed E-state index contributed by atoms with van der Waals surface area (Å²) < 4.78 is 2.50. The summed E-state index contributed by atoms with van der Waals surface area (Å²) in [5, 5.41) is 0.704. The van der Waals surface area contributed by atoms with E-state index in [-0.39, 0.29) is 5.56 Å². The minimum Gasteiger partial charge on any atom is -0.294 e. The number of aryl methyl sites for hydroxylation is 2. The molecule has 0 saturated heterocycles. The predicted molar refractivity (Wildman–Crippen MR) is 91.1 cm³/mol. The van der Waals surface area contributed by atoms with Gasteiger partial charge in [-0.05, 0) is 48.9 Å². The molecule has 1 aliphatic carbocycles. The predicted octanol–water partition coefficient (Wildman–Crippen LogP) is 4.04. The van der Waals surface area contributed by atoms with Gasteiger partial charge in [-0.3, -0.25) is 9.36 Å². The number of hydrogen-bond donors (Lipinski definition) is 0. The zero-order valence-electron chi connectivity index (χ0n) is 12.0. The molecule has 0 unspecified atom stereocenters. The van der Waals surface area contributed by atoms with Crippen LogP contribution >= 0.6 is 22.9 Å². The Balaban J connectivity index is 1.78. The molecule has 0 radical (unpaired) electrons. The third-order valence-electron chi connectivity index (χ3n) is 4.19. The van der Waals surface area contributed by atoms with E-state index in [2.05, 4.69) is 4.98 Å². The Labute approximate surface area is 137 Å². The number of aromatic nitrogens is 2. The molecule has 2 heterocycles.